The fourth-order valence-corrected chi connectivity index (χ4v) is 11.9. The molecule has 2 saturated heterocycles. The van der Waals surface area contributed by atoms with Crippen LogP contribution < -0.4 is 54.7 Å². The maximum Gasteiger partial charge on any atom is 0.472 e. The number of carbonyl (C=O) groups is 6. The number of azide groups is 1. The van der Waals surface area contributed by atoms with Gasteiger partial charge in [0.2, 0.25) is 23.7 Å². The van der Waals surface area contributed by atoms with Crippen molar-refractivity contribution >= 4 is 99.7 Å². The maximum absolute atomic E-state index is 14.2. The summed E-state index contributed by atoms with van der Waals surface area (Å²) in [5, 5.41) is 17.9. The molecule has 0 spiro atoms. The second-order valence-corrected chi connectivity index (χ2v) is 30.4. The predicted molar refractivity (Wildman–Crippen MR) is 327 cm³/mol. The number of rotatable bonds is 30. The number of hydrogen-bond donors (Lipinski definition) is 13. The SMILES string of the molecule is CC(C)[C@H](NC(=O)CN=[N+]=[N-])C(=O)N[C@@H](CCCNC(N)=O)C(=O)Nc1ccc(COC(=O)NCCNC(=O)O[C@@H]2C[C@@H](COP(=O)(O)O[C@@H]3C(COP(=O)(O)O)O[C@@H](n4cnc5c(N)ncnc54)C3O[Si](C)(C)C(C)(C)C)O[C@H]2n2cnc3c(=O)[nH]c(N)nc32)cc1. The number of phosphoric ester groups is 2. The molecule has 0 aliphatic carbocycles. The van der Waals surface area contributed by atoms with Gasteiger partial charge in [-0.1, -0.05) is 51.9 Å². The van der Waals surface area contributed by atoms with E-state index in [-0.39, 0.29) is 79.6 Å². The van der Waals surface area contributed by atoms with Crippen LogP contribution in [-0.4, -0.2) is 180 Å². The molecule has 2 aliphatic heterocycles. The number of carbonyl (C=O) groups excluding carboxylic acids is 6. The molecule has 508 valence electrons. The molecule has 6 heterocycles. The van der Waals surface area contributed by atoms with Crippen LogP contribution in [0.4, 0.5) is 31.8 Å². The maximum atomic E-state index is 14.2. The molecule has 1 aromatic carbocycles. The Hall–Kier alpha value is -8.43. The van der Waals surface area contributed by atoms with Gasteiger partial charge in [0.15, 0.2) is 49.5 Å². The number of phosphoric acid groups is 2. The van der Waals surface area contributed by atoms with E-state index in [1.165, 1.54) is 40.2 Å². The Labute approximate surface area is 529 Å². The van der Waals surface area contributed by atoms with E-state index in [4.69, 9.17) is 59.7 Å². The first-order valence-corrected chi connectivity index (χ1v) is 34.5. The Kier molecular flexibility index (Phi) is 24.0. The van der Waals surface area contributed by atoms with Crippen LogP contribution in [-0.2, 0) is 67.1 Å². The molecular weight excluding hydrogens is 1290 g/mol. The van der Waals surface area contributed by atoms with Gasteiger partial charge in [0.25, 0.3) is 5.56 Å². The van der Waals surface area contributed by atoms with Crippen LogP contribution in [0.1, 0.15) is 71.9 Å². The quantitative estimate of drug-likeness (QED) is 0.00776. The topological polar surface area (TPSA) is 577 Å². The molecule has 0 saturated carbocycles. The Bertz CT molecular complexity index is 3710. The van der Waals surface area contributed by atoms with Gasteiger partial charge in [0, 0.05) is 36.7 Å². The molecule has 40 nitrogen and oxygen atoms in total. The molecule has 5 aromatic rings. The van der Waals surface area contributed by atoms with Crippen molar-refractivity contribution in [3.8, 4) is 0 Å². The summed E-state index contributed by atoms with van der Waals surface area (Å²) in [6.07, 6.45) is -7.81. The molecule has 0 radical (unpaired) electrons. The number of urea groups is 1. The van der Waals surface area contributed by atoms with Crippen molar-refractivity contribution in [1.82, 2.24) is 65.6 Å². The molecular formula is C50H74N20O20P2Si. The van der Waals surface area contributed by atoms with Crippen LogP contribution in [0.5, 0.6) is 0 Å². The molecule has 2 fully saturated rings. The van der Waals surface area contributed by atoms with Gasteiger partial charge in [-0.15, -0.1) is 0 Å². The van der Waals surface area contributed by atoms with Crippen molar-refractivity contribution in [2.45, 2.75) is 134 Å². The fourth-order valence-electron chi connectivity index (χ4n) is 9.25. The average molecular weight is 1370 g/mol. The number of nitrogens with two attached hydrogens (primary N) is 3. The monoisotopic (exact) mass is 1360 g/mol. The lowest BCUT2D eigenvalue weighted by Crippen LogP contribution is -2.55. The number of amides is 7. The van der Waals surface area contributed by atoms with Gasteiger partial charge in [0.05, 0.1) is 32.0 Å². The second kappa shape index (κ2) is 31.0. The number of H-pyrrole nitrogens is 1. The van der Waals surface area contributed by atoms with Gasteiger partial charge in [-0.05, 0) is 60.1 Å². The van der Waals surface area contributed by atoms with Gasteiger partial charge in [-0.2, -0.15) is 4.98 Å². The summed E-state index contributed by atoms with van der Waals surface area (Å²) in [7, 11) is -13.4. The summed E-state index contributed by atoms with van der Waals surface area (Å²) in [6.45, 7) is 10.2. The number of ether oxygens (including phenoxy) is 4. The molecule has 93 heavy (non-hydrogen) atoms. The number of aromatic amines is 1. The van der Waals surface area contributed by atoms with Crippen LogP contribution in [0.15, 0.2) is 53.2 Å². The van der Waals surface area contributed by atoms with Crippen LogP contribution in [0.3, 0.4) is 0 Å². The number of alkyl carbamates (subject to hydrolysis) is 2. The average Bonchev–Trinajstić information content (AvgIpc) is 1.58. The zero-order chi connectivity index (χ0) is 68.2. The second-order valence-electron chi connectivity index (χ2n) is 23.0. The van der Waals surface area contributed by atoms with Gasteiger partial charge >= 0.3 is 33.9 Å². The first-order chi connectivity index (χ1) is 43.7. The number of anilines is 3. The van der Waals surface area contributed by atoms with Crippen LogP contribution in [0, 0.1) is 5.92 Å². The highest BCUT2D eigenvalue weighted by atomic mass is 31.2. The van der Waals surface area contributed by atoms with E-state index >= 15 is 0 Å². The minimum atomic E-state index is -5.31. The molecule has 7 amide bonds. The highest BCUT2D eigenvalue weighted by molar-refractivity contribution is 7.47. The van der Waals surface area contributed by atoms with Crippen molar-refractivity contribution in [3.05, 3.63) is 69.6 Å². The number of primary amides is 1. The molecule has 2 aliphatic rings. The summed E-state index contributed by atoms with van der Waals surface area (Å²) < 4.78 is 75.5. The van der Waals surface area contributed by atoms with Crippen molar-refractivity contribution in [3.63, 3.8) is 0 Å². The van der Waals surface area contributed by atoms with Crippen molar-refractivity contribution in [2.24, 2.45) is 16.8 Å². The van der Waals surface area contributed by atoms with Crippen LogP contribution >= 0.6 is 15.6 Å². The summed E-state index contributed by atoms with van der Waals surface area (Å²) in [5.41, 5.74) is 25.8. The number of benzene rings is 1. The van der Waals surface area contributed by atoms with Gasteiger partial charge in [0.1, 0.15) is 55.4 Å². The van der Waals surface area contributed by atoms with E-state index in [2.05, 4.69) is 71.8 Å². The number of imidazole rings is 2. The Morgan fingerprint density at radius 3 is 2.20 bits per heavy atom. The molecule has 10 atom stereocenters. The van der Waals surface area contributed by atoms with E-state index in [1.807, 2.05) is 33.9 Å². The first-order valence-electron chi connectivity index (χ1n) is 28.6. The van der Waals surface area contributed by atoms with Gasteiger partial charge in [-0.3, -0.25) is 46.9 Å². The van der Waals surface area contributed by atoms with E-state index in [0.29, 0.717) is 11.3 Å². The minimum absolute atomic E-state index is 0.0162. The standard InChI is InChI=1S/C50H74N20O20P2Si/c1-25(2)33(65-32(71)18-62-68-54)42(73)64-29(9-8-14-55-47(53)75)41(72)63-27-12-10-26(11-13-27)19-83-48(76)56-15-16-57-49(77)88-30-17-28(86-44(30)70-24-61-35-40(70)66-46(52)67-43(35)74)20-85-92(81,82)89-36-31(21-84-91(78,79)80)87-45(37(36)90-93(6,7)50(3,4)5)69-23-60-34-38(51)58-22-59-39(34)69/h10-13,22-25,28-31,33,36-37,44-45H,8-9,14-21H2,1-7H3,(H,56,76)(H,57,77)(H,63,72)(H,64,73)(H,65,71)(H,81,82)(H2,51,58,59)(H3,53,55,75)(H2,78,79,80)(H3,52,66,67,74)/t28-,29-,30+,31?,33-,36+,37?,44+,45+/m0/s1. The lowest BCUT2D eigenvalue weighted by molar-refractivity contribution is -0.131. The number of hydrogen-bond acceptors (Lipinski definition) is 25. The number of nitrogens with one attached hydrogen (secondary N) is 7. The lowest BCUT2D eigenvalue weighted by Gasteiger charge is -2.40. The molecule has 0 bridgehead atoms. The first kappa shape index (κ1) is 72.0. The largest absolute Gasteiger partial charge is 0.472 e. The fraction of sp³-hybridized carbons (Fsp3) is 0.560. The summed E-state index contributed by atoms with van der Waals surface area (Å²) in [6, 6.07) is 3.09. The third-order valence-electron chi connectivity index (χ3n) is 14.8. The number of nitrogen functional groups attached to an aromatic ring is 2. The van der Waals surface area contributed by atoms with Crippen molar-refractivity contribution in [2.75, 3.05) is 56.2 Å². The van der Waals surface area contributed by atoms with E-state index < -0.39 is 151 Å². The number of nitrogens with zero attached hydrogens (tertiary/aromatic N) is 10. The minimum Gasteiger partial charge on any atom is -0.445 e. The normalized spacial score (nSPS) is 20.4. The van der Waals surface area contributed by atoms with E-state index in [1.54, 1.807) is 26.0 Å². The highest BCUT2D eigenvalue weighted by Gasteiger charge is 2.55. The number of fused-ring (bicyclic) bond motifs is 2. The van der Waals surface area contributed by atoms with E-state index in [0.717, 1.165) is 0 Å². The van der Waals surface area contributed by atoms with Gasteiger partial charge < -0.3 is 87.2 Å². The van der Waals surface area contributed by atoms with Crippen molar-refractivity contribution in [1.29, 1.82) is 0 Å². The van der Waals surface area contributed by atoms with Crippen molar-refractivity contribution < 1.29 is 89.5 Å². The smallest absolute Gasteiger partial charge is 0.445 e. The summed E-state index contributed by atoms with van der Waals surface area (Å²) in [5.74, 6) is -2.76. The van der Waals surface area contributed by atoms with E-state index in [9.17, 15) is 57.4 Å². The zero-order valence-electron chi connectivity index (χ0n) is 51.3. The molecule has 43 heteroatoms. The third-order valence-corrected chi connectivity index (χ3v) is 20.7. The highest BCUT2D eigenvalue weighted by Crippen LogP contribution is 2.52. The lowest BCUT2D eigenvalue weighted by atomic mass is 10.0. The van der Waals surface area contributed by atoms with Crippen LogP contribution in [0.2, 0.25) is 18.1 Å². The summed E-state index contributed by atoms with van der Waals surface area (Å²) in [4.78, 5) is 146. The molecule has 7 rings (SSSR count). The molecule has 16 N–H and O–H groups in total. The zero-order valence-corrected chi connectivity index (χ0v) is 54.1. The van der Waals surface area contributed by atoms with Gasteiger partial charge in [-0.25, -0.2) is 43.4 Å². The Morgan fingerprint density at radius 1 is 0.871 bits per heavy atom. The Morgan fingerprint density at radius 2 is 1.55 bits per heavy atom. The Balaban J connectivity index is 0.957. The number of aromatic nitrogens is 8. The molecule has 3 unspecified atom stereocenters. The predicted octanol–water partition coefficient (Wildman–Crippen LogP) is 1.65. The summed E-state index contributed by atoms with van der Waals surface area (Å²) >= 11 is 0. The molecule has 4 aromatic heterocycles. The third kappa shape index (κ3) is 19.8. The van der Waals surface area contributed by atoms with Crippen LogP contribution in [0.25, 0.3) is 32.8 Å².